The average Bonchev–Trinajstić information content (AvgIpc) is 3.39. The molecule has 1 aliphatic rings. The molecule has 1 fully saturated rings. The fourth-order valence-electron chi connectivity index (χ4n) is 5.08. The first-order chi connectivity index (χ1) is 19.6. The maximum absolute atomic E-state index is 5.58. The summed E-state index contributed by atoms with van der Waals surface area (Å²) in [5.41, 5.74) is 3.78. The zero-order valence-corrected chi connectivity index (χ0v) is 24.0. The van der Waals surface area contributed by atoms with Crippen LogP contribution >= 0.6 is 15.9 Å². The van der Waals surface area contributed by atoms with Gasteiger partial charge in [-0.1, -0.05) is 6.07 Å². The van der Waals surface area contributed by atoms with E-state index in [0.29, 0.717) is 12.6 Å². The lowest BCUT2D eigenvalue weighted by atomic mass is 10.0. The number of H-pyrrole nitrogens is 1. The Morgan fingerprint density at radius 3 is 2.67 bits per heavy atom. The van der Waals surface area contributed by atoms with Crippen LogP contribution in [0.4, 0.5) is 17.5 Å². The Kier molecular flexibility index (Phi) is 7.60. The number of aromatic nitrogens is 6. The van der Waals surface area contributed by atoms with Crippen molar-refractivity contribution in [2.45, 2.75) is 6.42 Å². The van der Waals surface area contributed by atoms with Crippen LogP contribution in [0.15, 0.2) is 53.5 Å². The van der Waals surface area contributed by atoms with Crippen molar-refractivity contribution in [3.05, 3.63) is 53.5 Å². The van der Waals surface area contributed by atoms with Gasteiger partial charge in [0.25, 0.3) is 0 Å². The molecule has 6 rings (SSSR count). The highest BCUT2D eigenvalue weighted by Crippen LogP contribution is 2.36. The van der Waals surface area contributed by atoms with E-state index >= 15 is 0 Å². The van der Waals surface area contributed by atoms with E-state index in [1.165, 1.54) is 0 Å². The molecule has 0 unspecified atom stereocenters. The van der Waals surface area contributed by atoms with Crippen LogP contribution in [0.5, 0.6) is 5.75 Å². The summed E-state index contributed by atoms with van der Waals surface area (Å²) in [6.07, 6.45) is 4.27. The first kappa shape index (κ1) is 26.2. The Hall–Kier alpha value is -4.03. The molecule has 5 aromatic rings. The van der Waals surface area contributed by atoms with Gasteiger partial charge in [-0.05, 0) is 58.1 Å². The molecule has 0 radical (unpaired) electrons. The number of benzene rings is 2. The molecule has 11 nitrogen and oxygen atoms in total. The molecule has 206 valence electrons. The van der Waals surface area contributed by atoms with Crippen LogP contribution in [0, 0.1) is 0 Å². The lowest BCUT2D eigenvalue weighted by Gasteiger charge is -2.37. The van der Waals surface area contributed by atoms with Gasteiger partial charge in [0.1, 0.15) is 22.5 Å². The predicted octanol–water partition coefficient (Wildman–Crippen LogP) is 4.51. The van der Waals surface area contributed by atoms with Gasteiger partial charge in [-0.3, -0.25) is 5.10 Å². The Bertz CT molecular complexity index is 1640. The third-order valence-corrected chi connectivity index (χ3v) is 7.69. The Labute approximate surface area is 240 Å². The van der Waals surface area contributed by atoms with Gasteiger partial charge in [0, 0.05) is 69.3 Å². The van der Waals surface area contributed by atoms with Gasteiger partial charge in [-0.15, -0.1) is 0 Å². The maximum Gasteiger partial charge on any atom is 0.223 e. The quantitative estimate of drug-likeness (QED) is 0.233. The SMILES string of the molecule is COCCCNc1nccc(-c2cc(N3CCN(c4ncnc5[nH]nc(Br)c45)CC3)c3cc(OC)ccc3c2)n1. The van der Waals surface area contributed by atoms with Gasteiger partial charge in [0.15, 0.2) is 5.65 Å². The Morgan fingerprint density at radius 2 is 1.85 bits per heavy atom. The van der Waals surface area contributed by atoms with Crippen molar-refractivity contribution in [3.63, 3.8) is 0 Å². The topological polar surface area (TPSA) is 117 Å². The highest BCUT2D eigenvalue weighted by molar-refractivity contribution is 9.10. The first-order valence-corrected chi connectivity index (χ1v) is 14.0. The summed E-state index contributed by atoms with van der Waals surface area (Å²) in [6, 6.07) is 12.6. The van der Waals surface area contributed by atoms with Gasteiger partial charge in [0.2, 0.25) is 5.95 Å². The number of hydrogen-bond acceptors (Lipinski definition) is 10. The molecule has 3 aromatic heterocycles. The minimum absolute atomic E-state index is 0.611. The molecule has 0 atom stereocenters. The van der Waals surface area contributed by atoms with E-state index in [9.17, 15) is 0 Å². The van der Waals surface area contributed by atoms with Crippen LogP contribution in [-0.2, 0) is 4.74 Å². The fraction of sp³-hybridized carbons (Fsp3) is 0.321. The van der Waals surface area contributed by atoms with E-state index in [0.717, 1.165) is 94.1 Å². The monoisotopic (exact) mass is 603 g/mol. The van der Waals surface area contributed by atoms with Crippen LogP contribution < -0.4 is 19.9 Å². The molecule has 0 aliphatic carbocycles. The van der Waals surface area contributed by atoms with Crippen molar-refractivity contribution in [2.24, 2.45) is 0 Å². The maximum atomic E-state index is 5.58. The summed E-state index contributed by atoms with van der Waals surface area (Å²) >= 11 is 3.54. The van der Waals surface area contributed by atoms with Crippen molar-refractivity contribution in [2.75, 3.05) is 68.7 Å². The molecule has 0 saturated carbocycles. The van der Waals surface area contributed by atoms with E-state index in [2.05, 4.69) is 80.5 Å². The summed E-state index contributed by atoms with van der Waals surface area (Å²) in [7, 11) is 3.41. The summed E-state index contributed by atoms with van der Waals surface area (Å²) in [4.78, 5) is 22.8. The largest absolute Gasteiger partial charge is 0.497 e. The normalized spacial score (nSPS) is 13.8. The second-order valence-electron chi connectivity index (χ2n) is 9.53. The number of methoxy groups -OCH3 is 2. The summed E-state index contributed by atoms with van der Waals surface area (Å²) in [5.74, 6) is 2.33. The second-order valence-corrected chi connectivity index (χ2v) is 10.3. The number of fused-ring (bicyclic) bond motifs is 2. The number of anilines is 3. The number of aromatic amines is 1. The van der Waals surface area contributed by atoms with E-state index in [4.69, 9.17) is 14.5 Å². The van der Waals surface area contributed by atoms with Crippen LogP contribution in [0.25, 0.3) is 33.1 Å². The van der Waals surface area contributed by atoms with Gasteiger partial charge in [-0.2, -0.15) is 5.10 Å². The van der Waals surface area contributed by atoms with Crippen LogP contribution in [0.3, 0.4) is 0 Å². The molecule has 12 heteroatoms. The smallest absolute Gasteiger partial charge is 0.223 e. The minimum Gasteiger partial charge on any atom is -0.497 e. The number of piperazine rings is 1. The van der Waals surface area contributed by atoms with Gasteiger partial charge in [0.05, 0.1) is 18.2 Å². The molecule has 1 aliphatic heterocycles. The summed E-state index contributed by atoms with van der Waals surface area (Å²) in [5, 5.41) is 13.7. The second kappa shape index (κ2) is 11.6. The fourth-order valence-corrected chi connectivity index (χ4v) is 5.54. The number of nitrogens with zero attached hydrogens (tertiary/aromatic N) is 7. The van der Waals surface area contributed by atoms with Gasteiger partial charge >= 0.3 is 0 Å². The molecule has 40 heavy (non-hydrogen) atoms. The molecule has 0 bridgehead atoms. The first-order valence-electron chi connectivity index (χ1n) is 13.2. The van der Waals surface area contributed by atoms with Crippen molar-refractivity contribution in [1.82, 2.24) is 30.1 Å². The van der Waals surface area contributed by atoms with E-state index in [1.807, 2.05) is 12.1 Å². The van der Waals surface area contributed by atoms with Crippen molar-refractivity contribution < 1.29 is 9.47 Å². The van der Waals surface area contributed by atoms with Crippen LogP contribution in [0.1, 0.15) is 6.42 Å². The molecule has 0 spiro atoms. The summed E-state index contributed by atoms with van der Waals surface area (Å²) in [6.45, 7) is 4.71. The highest BCUT2D eigenvalue weighted by atomic mass is 79.9. The number of ether oxygens (including phenoxy) is 2. The average molecular weight is 605 g/mol. The molecular formula is C28H30BrN9O2. The zero-order chi connectivity index (χ0) is 27.5. The molecular weight excluding hydrogens is 574 g/mol. The number of rotatable bonds is 9. The van der Waals surface area contributed by atoms with E-state index < -0.39 is 0 Å². The molecule has 0 amide bonds. The third-order valence-electron chi connectivity index (χ3n) is 7.11. The van der Waals surface area contributed by atoms with Crippen molar-refractivity contribution >= 4 is 55.2 Å². The van der Waals surface area contributed by atoms with Crippen molar-refractivity contribution in [1.29, 1.82) is 0 Å². The van der Waals surface area contributed by atoms with Gasteiger partial charge in [-0.25, -0.2) is 19.9 Å². The number of hydrogen-bond donors (Lipinski definition) is 2. The number of halogens is 1. The van der Waals surface area contributed by atoms with E-state index in [-0.39, 0.29) is 0 Å². The standard InChI is InChI=1S/C28H30BrN9O2/c1-39-13-3-7-30-28-31-8-6-22(34-28)19-14-18-4-5-20(40-2)16-21(18)23(15-19)37-9-11-38(12-10-37)27-24-25(29)35-36-26(24)32-17-33-27/h4-6,8,14-17H,3,7,9-13H2,1-2H3,(H,30,31,34)(H,32,33,35,36). The Morgan fingerprint density at radius 1 is 1.00 bits per heavy atom. The zero-order valence-electron chi connectivity index (χ0n) is 22.4. The summed E-state index contributed by atoms with van der Waals surface area (Å²) < 4.78 is 11.4. The minimum atomic E-state index is 0.611. The molecule has 4 heterocycles. The lowest BCUT2D eigenvalue weighted by Crippen LogP contribution is -2.47. The van der Waals surface area contributed by atoms with Crippen LogP contribution in [0.2, 0.25) is 0 Å². The van der Waals surface area contributed by atoms with Crippen molar-refractivity contribution in [3.8, 4) is 17.0 Å². The Balaban J connectivity index is 1.31. The van der Waals surface area contributed by atoms with E-state index in [1.54, 1.807) is 26.7 Å². The van der Waals surface area contributed by atoms with Gasteiger partial charge < -0.3 is 24.6 Å². The highest BCUT2D eigenvalue weighted by Gasteiger charge is 2.24. The lowest BCUT2D eigenvalue weighted by molar-refractivity contribution is 0.197. The molecule has 2 aromatic carbocycles. The molecule has 2 N–H and O–H groups in total. The third kappa shape index (κ3) is 5.24. The van der Waals surface area contributed by atoms with Crippen LogP contribution in [-0.4, -0.2) is 83.7 Å². The predicted molar refractivity (Wildman–Crippen MR) is 160 cm³/mol. The molecule has 1 saturated heterocycles. The number of nitrogens with one attached hydrogen (secondary N) is 2.